The number of nitrogens with zero attached hydrogens (tertiary/aromatic N) is 2. The molecule has 0 bridgehead atoms. The Bertz CT molecular complexity index is 1310. The van der Waals surface area contributed by atoms with Gasteiger partial charge in [-0.15, -0.1) is 0 Å². The van der Waals surface area contributed by atoms with E-state index in [9.17, 15) is 19.8 Å². The van der Waals surface area contributed by atoms with E-state index in [4.69, 9.17) is 39.5 Å². The van der Waals surface area contributed by atoms with Gasteiger partial charge in [0.05, 0.1) is 35.0 Å². The van der Waals surface area contributed by atoms with E-state index in [1.807, 2.05) is 0 Å². The molecule has 2 aromatic carbocycles. The van der Waals surface area contributed by atoms with Crippen LogP contribution in [0.4, 0.5) is 5.69 Å². The van der Waals surface area contributed by atoms with E-state index in [1.165, 1.54) is 49.8 Å². The zero-order chi connectivity index (χ0) is 23.9. The standard InChI is InChI=1S/C23H15Cl3N2O5/c1-33-22-14(7-13(25)8-15(22)26)20(30)18-19(11-3-2-6-27-10-11)28(23(32)21(18)31)16-9-12(24)4-5-17(16)29/h2-10,19,29-30H,1H3/b20-18+. The van der Waals surface area contributed by atoms with Gasteiger partial charge in [-0.05, 0) is 42.0 Å². The maximum atomic E-state index is 13.2. The minimum Gasteiger partial charge on any atom is -0.507 e. The maximum Gasteiger partial charge on any atom is 0.300 e. The number of hydrogen-bond donors (Lipinski definition) is 2. The minimum atomic E-state index is -1.13. The number of carbonyl (C=O) groups excluding carboxylic acids is 2. The highest BCUT2D eigenvalue weighted by molar-refractivity contribution is 6.52. The average molecular weight is 506 g/mol. The molecule has 1 unspecified atom stereocenters. The number of amides is 1. The number of anilines is 1. The van der Waals surface area contributed by atoms with E-state index in [2.05, 4.69) is 4.98 Å². The average Bonchev–Trinajstić information content (AvgIpc) is 3.05. The lowest BCUT2D eigenvalue weighted by Gasteiger charge is -2.26. The maximum absolute atomic E-state index is 13.2. The molecule has 33 heavy (non-hydrogen) atoms. The third kappa shape index (κ3) is 3.99. The fraction of sp³-hybridized carbons (Fsp3) is 0.0870. The van der Waals surface area contributed by atoms with Crippen LogP contribution in [0.1, 0.15) is 17.2 Å². The largest absolute Gasteiger partial charge is 0.507 e. The molecule has 1 aromatic heterocycles. The van der Waals surface area contributed by atoms with E-state index in [0.29, 0.717) is 5.56 Å². The highest BCUT2D eigenvalue weighted by atomic mass is 35.5. The fourth-order valence-electron chi connectivity index (χ4n) is 3.71. The second kappa shape index (κ2) is 8.94. The molecule has 1 saturated heterocycles. The molecule has 1 atom stereocenters. The normalized spacial score (nSPS) is 17.5. The first-order valence-corrected chi connectivity index (χ1v) is 10.6. The van der Waals surface area contributed by atoms with Gasteiger partial charge in [-0.25, -0.2) is 0 Å². The first-order chi connectivity index (χ1) is 15.7. The van der Waals surface area contributed by atoms with Crippen LogP contribution < -0.4 is 9.64 Å². The molecular formula is C23H15Cl3N2O5. The highest BCUT2D eigenvalue weighted by Gasteiger charge is 2.48. The summed E-state index contributed by atoms with van der Waals surface area (Å²) in [5.74, 6) is -2.72. The summed E-state index contributed by atoms with van der Waals surface area (Å²) in [6.07, 6.45) is 2.97. The van der Waals surface area contributed by atoms with Crippen LogP contribution in [-0.2, 0) is 9.59 Å². The van der Waals surface area contributed by atoms with Crippen molar-refractivity contribution in [2.45, 2.75) is 6.04 Å². The summed E-state index contributed by atoms with van der Waals surface area (Å²) in [6, 6.07) is 8.99. The SMILES string of the molecule is COc1c(Cl)cc(Cl)cc1/C(O)=C1\C(=O)C(=O)N(c2cc(Cl)ccc2O)C1c1cccnc1. The van der Waals surface area contributed by atoms with E-state index in [1.54, 1.807) is 12.1 Å². The van der Waals surface area contributed by atoms with Gasteiger partial charge < -0.3 is 14.9 Å². The molecule has 168 valence electrons. The molecule has 2 heterocycles. The lowest BCUT2D eigenvalue weighted by atomic mass is 9.95. The van der Waals surface area contributed by atoms with Crippen molar-refractivity contribution in [1.82, 2.24) is 4.98 Å². The number of aliphatic hydroxyl groups is 1. The first kappa shape index (κ1) is 22.9. The second-order valence-electron chi connectivity index (χ2n) is 7.06. The summed E-state index contributed by atoms with van der Waals surface area (Å²) in [7, 11) is 1.34. The van der Waals surface area contributed by atoms with Crippen molar-refractivity contribution in [3.8, 4) is 11.5 Å². The molecule has 3 aromatic rings. The molecule has 0 aliphatic carbocycles. The van der Waals surface area contributed by atoms with Crippen molar-refractivity contribution in [2.24, 2.45) is 0 Å². The van der Waals surface area contributed by atoms with Crippen molar-refractivity contribution in [2.75, 3.05) is 12.0 Å². The Hall–Kier alpha value is -3.26. The van der Waals surface area contributed by atoms with Gasteiger partial charge in [0, 0.05) is 22.4 Å². The number of aromatic hydroxyl groups is 1. The Morgan fingerprint density at radius 2 is 1.85 bits per heavy atom. The van der Waals surface area contributed by atoms with Crippen LogP contribution in [0.2, 0.25) is 15.1 Å². The topological polar surface area (TPSA) is 100.0 Å². The molecule has 0 spiro atoms. The Kier molecular flexibility index (Phi) is 6.21. The molecule has 0 radical (unpaired) electrons. The second-order valence-corrected chi connectivity index (χ2v) is 8.34. The number of benzene rings is 2. The highest BCUT2D eigenvalue weighted by Crippen LogP contribution is 2.46. The molecule has 1 fully saturated rings. The number of Topliss-reactive ketones (excluding diaryl/α,β-unsaturated/α-hetero) is 1. The summed E-state index contributed by atoms with van der Waals surface area (Å²) in [5, 5.41) is 22.2. The van der Waals surface area contributed by atoms with Crippen LogP contribution in [0.25, 0.3) is 5.76 Å². The van der Waals surface area contributed by atoms with E-state index < -0.39 is 23.5 Å². The lowest BCUT2D eigenvalue weighted by molar-refractivity contribution is -0.132. The van der Waals surface area contributed by atoms with Gasteiger partial charge in [0.15, 0.2) is 0 Å². The van der Waals surface area contributed by atoms with Gasteiger partial charge >= 0.3 is 0 Å². The van der Waals surface area contributed by atoms with E-state index in [-0.39, 0.29) is 43.4 Å². The number of ether oxygens (including phenoxy) is 1. The summed E-state index contributed by atoms with van der Waals surface area (Å²) in [6.45, 7) is 0. The Labute approximate surface area is 203 Å². The number of aromatic nitrogens is 1. The molecule has 1 aliphatic heterocycles. The van der Waals surface area contributed by atoms with Gasteiger partial charge in [0.1, 0.15) is 17.3 Å². The zero-order valence-corrected chi connectivity index (χ0v) is 19.2. The first-order valence-electron chi connectivity index (χ1n) is 9.47. The van der Waals surface area contributed by atoms with Crippen LogP contribution >= 0.6 is 34.8 Å². The molecule has 2 N–H and O–H groups in total. The number of rotatable bonds is 4. The van der Waals surface area contributed by atoms with Crippen LogP contribution in [-0.4, -0.2) is 34.0 Å². The summed E-state index contributed by atoms with van der Waals surface area (Å²) in [4.78, 5) is 31.5. The van der Waals surface area contributed by atoms with Gasteiger partial charge in [0.25, 0.3) is 11.7 Å². The van der Waals surface area contributed by atoms with Crippen molar-refractivity contribution in [3.63, 3.8) is 0 Å². The van der Waals surface area contributed by atoms with Crippen molar-refractivity contribution in [3.05, 3.63) is 86.6 Å². The molecule has 4 rings (SSSR count). The third-order valence-electron chi connectivity index (χ3n) is 5.11. The van der Waals surface area contributed by atoms with Crippen molar-refractivity contribution >= 4 is 57.9 Å². The third-order valence-corrected chi connectivity index (χ3v) is 5.84. The van der Waals surface area contributed by atoms with Gasteiger partial charge in [0.2, 0.25) is 0 Å². The quantitative estimate of drug-likeness (QED) is 0.280. The number of halogens is 3. The van der Waals surface area contributed by atoms with E-state index in [0.717, 1.165) is 4.90 Å². The predicted octanol–water partition coefficient (Wildman–Crippen LogP) is 5.38. The van der Waals surface area contributed by atoms with Gasteiger partial charge in [-0.1, -0.05) is 40.9 Å². The Morgan fingerprint density at radius 3 is 2.52 bits per heavy atom. The zero-order valence-electron chi connectivity index (χ0n) is 16.9. The number of phenolic OH excluding ortho intramolecular Hbond substituents is 1. The monoisotopic (exact) mass is 504 g/mol. The van der Waals surface area contributed by atoms with Crippen molar-refractivity contribution < 1.29 is 24.5 Å². The Morgan fingerprint density at radius 1 is 1.09 bits per heavy atom. The Balaban J connectivity index is 2.03. The van der Waals surface area contributed by atoms with E-state index >= 15 is 0 Å². The molecule has 10 heteroatoms. The number of methoxy groups -OCH3 is 1. The summed E-state index contributed by atoms with van der Waals surface area (Å²) >= 11 is 18.4. The van der Waals surface area contributed by atoms with Crippen LogP contribution in [0, 0.1) is 0 Å². The van der Waals surface area contributed by atoms with Crippen molar-refractivity contribution in [1.29, 1.82) is 0 Å². The van der Waals surface area contributed by atoms with Crippen LogP contribution in [0.3, 0.4) is 0 Å². The van der Waals surface area contributed by atoms with Gasteiger partial charge in [-0.3, -0.25) is 19.5 Å². The predicted molar refractivity (Wildman–Crippen MR) is 125 cm³/mol. The molecule has 1 aliphatic rings. The number of aliphatic hydroxyl groups excluding tert-OH is 1. The van der Waals surface area contributed by atoms with Gasteiger partial charge in [-0.2, -0.15) is 0 Å². The molecular weight excluding hydrogens is 491 g/mol. The summed E-state index contributed by atoms with van der Waals surface area (Å²) < 4.78 is 5.30. The molecule has 0 saturated carbocycles. The number of pyridine rings is 1. The smallest absolute Gasteiger partial charge is 0.300 e. The van der Waals surface area contributed by atoms with Crippen LogP contribution in [0.15, 0.2) is 60.4 Å². The molecule has 1 amide bonds. The number of carbonyl (C=O) groups is 2. The molecule has 7 nitrogen and oxygen atoms in total. The number of ketones is 1. The number of phenols is 1. The minimum absolute atomic E-state index is 0.00593. The summed E-state index contributed by atoms with van der Waals surface area (Å²) in [5.41, 5.74) is 0.166. The fourth-order valence-corrected chi connectivity index (χ4v) is 4.45. The number of hydrogen-bond acceptors (Lipinski definition) is 6. The van der Waals surface area contributed by atoms with Crippen LogP contribution in [0.5, 0.6) is 11.5 Å². The lowest BCUT2D eigenvalue weighted by Crippen LogP contribution is -2.29.